The molecule has 0 unspecified atom stereocenters. The SMILES string of the molecule is CCCCC[C@H](O)[C@@H](C=CC=CC=CCC=CCCCC(=O)O)SC[C@H](N)C(=O)O. The molecule has 0 heterocycles. The number of thioether (sulfide) groups is 1. The van der Waals surface area contributed by atoms with E-state index in [1.54, 1.807) is 0 Å². The maximum atomic E-state index is 10.9. The van der Waals surface area contributed by atoms with Crippen molar-refractivity contribution < 1.29 is 24.9 Å². The quantitative estimate of drug-likeness (QED) is 0.143. The lowest BCUT2D eigenvalue weighted by atomic mass is 10.1. The Labute approximate surface area is 184 Å². The van der Waals surface area contributed by atoms with E-state index in [0.717, 1.165) is 32.1 Å². The highest BCUT2D eigenvalue weighted by Gasteiger charge is 2.20. The van der Waals surface area contributed by atoms with Gasteiger partial charge in [0.1, 0.15) is 6.04 Å². The van der Waals surface area contributed by atoms with Crippen LogP contribution >= 0.6 is 11.8 Å². The van der Waals surface area contributed by atoms with Gasteiger partial charge in [-0.05, 0) is 25.7 Å². The summed E-state index contributed by atoms with van der Waals surface area (Å²) in [4.78, 5) is 21.3. The molecule has 0 spiro atoms. The molecular weight excluding hydrogens is 402 g/mol. The topological polar surface area (TPSA) is 121 Å². The van der Waals surface area contributed by atoms with Crippen LogP contribution in [0.3, 0.4) is 0 Å². The Kier molecular flexibility index (Phi) is 18.0. The van der Waals surface area contributed by atoms with Crippen LogP contribution < -0.4 is 5.73 Å². The molecule has 3 atom stereocenters. The van der Waals surface area contributed by atoms with Gasteiger partial charge < -0.3 is 21.1 Å². The second-order valence-corrected chi connectivity index (χ2v) is 8.21. The molecule has 0 aromatic heterocycles. The molecule has 7 heteroatoms. The zero-order valence-corrected chi connectivity index (χ0v) is 18.7. The number of unbranched alkanes of at least 4 members (excludes halogenated alkanes) is 3. The van der Waals surface area contributed by atoms with Crippen molar-refractivity contribution in [3.63, 3.8) is 0 Å². The van der Waals surface area contributed by atoms with Crippen LogP contribution in [0.2, 0.25) is 0 Å². The van der Waals surface area contributed by atoms with Crippen molar-refractivity contribution in [3.8, 4) is 0 Å². The summed E-state index contributed by atoms with van der Waals surface area (Å²) in [6, 6.07) is -0.940. The van der Waals surface area contributed by atoms with Gasteiger partial charge in [0.15, 0.2) is 0 Å². The summed E-state index contributed by atoms with van der Waals surface area (Å²) in [6.45, 7) is 2.11. The number of aliphatic carboxylic acids is 2. The highest BCUT2D eigenvalue weighted by Crippen LogP contribution is 2.21. The molecule has 0 aliphatic carbocycles. The molecule has 0 aliphatic rings. The van der Waals surface area contributed by atoms with Crippen LogP contribution in [0.5, 0.6) is 0 Å². The van der Waals surface area contributed by atoms with E-state index in [1.807, 2.05) is 48.6 Å². The average Bonchev–Trinajstić information content (AvgIpc) is 2.70. The van der Waals surface area contributed by atoms with Gasteiger partial charge in [-0.25, -0.2) is 0 Å². The number of aliphatic hydroxyl groups is 1. The molecule has 0 bridgehead atoms. The van der Waals surface area contributed by atoms with Crippen LogP contribution in [-0.4, -0.2) is 50.4 Å². The molecule has 0 aromatic rings. The van der Waals surface area contributed by atoms with E-state index in [2.05, 4.69) is 6.92 Å². The van der Waals surface area contributed by atoms with E-state index in [1.165, 1.54) is 11.8 Å². The first-order valence-corrected chi connectivity index (χ1v) is 11.6. The van der Waals surface area contributed by atoms with E-state index in [-0.39, 0.29) is 17.4 Å². The van der Waals surface area contributed by atoms with Gasteiger partial charge in [0, 0.05) is 17.4 Å². The van der Waals surface area contributed by atoms with Crippen molar-refractivity contribution in [3.05, 3.63) is 48.6 Å². The number of aliphatic hydroxyl groups excluding tert-OH is 1. The zero-order valence-electron chi connectivity index (χ0n) is 17.9. The number of hydrogen-bond donors (Lipinski definition) is 4. The number of allylic oxidation sites excluding steroid dienone is 7. The lowest BCUT2D eigenvalue weighted by Crippen LogP contribution is -2.34. The van der Waals surface area contributed by atoms with Gasteiger partial charge in [0.2, 0.25) is 0 Å². The molecule has 0 fully saturated rings. The third-order valence-electron chi connectivity index (χ3n) is 4.24. The van der Waals surface area contributed by atoms with Crippen molar-refractivity contribution in [1.82, 2.24) is 0 Å². The molecule has 30 heavy (non-hydrogen) atoms. The van der Waals surface area contributed by atoms with Crippen molar-refractivity contribution >= 4 is 23.7 Å². The maximum Gasteiger partial charge on any atom is 0.321 e. The molecule has 0 saturated carbocycles. The maximum absolute atomic E-state index is 10.9. The summed E-state index contributed by atoms with van der Waals surface area (Å²) in [5, 5.41) is 27.7. The summed E-state index contributed by atoms with van der Waals surface area (Å²) >= 11 is 1.37. The summed E-state index contributed by atoms with van der Waals surface area (Å²) in [5.74, 6) is -1.55. The smallest absolute Gasteiger partial charge is 0.321 e. The first-order valence-electron chi connectivity index (χ1n) is 10.5. The molecule has 0 saturated heterocycles. The first-order chi connectivity index (χ1) is 14.4. The fourth-order valence-electron chi connectivity index (χ4n) is 2.47. The Bertz CT molecular complexity index is 586. The van der Waals surface area contributed by atoms with Crippen molar-refractivity contribution in [2.24, 2.45) is 5.73 Å². The average molecular weight is 440 g/mol. The fraction of sp³-hybridized carbons (Fsp3) is 0.565. The highest BCUT2D eigenvalue weighted by atomic mass is 32.2. The molecular formula is C23H37NO5S. The van der Waals surface area contributed by atoms with E-state index in [9.17, 15) is 14.7 Å². The number of nitrogens with two attached hydrogens (primary N) is 1. The van der Waals surface area contributed by atoms with E-state index in [4.69, 9.17) is 15.9 Å². The monoisotopic (exact) mass is 439 g/mol. The van der Waals surface area contributed by atoms with Gasteiger partial charge >= 0.3 is 11.9 Å². The second-order valence-electron chi connectivity index (χ2n) is 7.00. The lowest BCUT2D eigenvalue weighted by molar-refractivity contribution is -0.138. The predicted octanol–water partition coefficient (Wildman–Crippen LogP) is 4.31. The Morgan fingerprint density at radius 3 is 2.40 bits per heavy atom. The summed E-state index contributed by atoms with van der Waals surface area (Å²) < 4.78 is 0. The standard InChI is InChI=1S/C23H37NO5S/c1-2-3-12-15-20(25)21(30-18-19(24)23(28)29)16-13-10-8-6-4-5-7-9-11-14-17-22(26)27/h4,6-10,13,16,19-21,25H,2-3,5,11-12,14-15,17-18,24H2,1H3,(H,26,27)(H,28,29)/t19-,20-,21+/m0/s1. The van der Waals surface area contributed by atoms with Crippen LogP contribution in [0.4, 0.5) is 0 Å². The second kappa shape index (κ2) is 19.2. The Morgan fingerprint density at radius 1 is 1.00 bits per heavy atom. The van der Waals surface area contributed by atoms with E-state index < -0.39 is 24.1 Å². The molecule has 0 aliphatic heterocycles. The number of carbonyl (C=O) groups is 2. The Morgan fingerprint density at radius 2 is 1.73 bits per heavy atom. The molecule has 6 nitrogen and oxygen atoms in total. The third-order valence-corrected chi connectivity index (χ3v) is 5.65. The molecule has 170 valence electrons. The fourth-order valence-corrected chi connectivity index (χ4v) is 3.60. The number of carboxylic acid groups (broad SMARTS) is 2. The van der Waals surface area contributed by atoms with Crippen LogP contribution in [0.15, 0.2) is 48.6 Å². The zero-order chi connectivity index (χ0) is 22.6. The minimum absolute atomic E-state index is 0.198. The third kappa shape index (κ3) is 17.1. The van der Waals surface area contributed by atoms with Crippen LogP contribution in [-0.2, 0) is 9.59 Å². The van der Waals surface area contributed by atoms with Gasteiger partial charge in [-0.3, -0.25) is 9.59 Å². The molecule has 0 radical (unpaired) electrons. The van der Waals surface area contributed by atoms with Crippen LogP contribution in [0.25, 0.3) is 0 Å². The molecule has 0 amide bonds. The Hall–Kier alpha value is -1.83. The van der Waals surface area contributed by atoms with E-state index >= 15 is 0 Å². The largest absolute Gasteiger partial charge is 0.481 e. The van der Waals surface area contributed by atoms with Crippen molar-refractivity contribution in [1.29, 1.82) is 0 Å². The normalized spacial score (nSPS) is 15.4. The lowest BCUT2D eigenvalue weighted by Gasteiger charge is -2.20. The van der Waals surface area contributed by atoms with Crippen LogP contribution in [0, 0.1) is 0 Å². The number of carboxylic acids is 2. The highest BCUT2D eigenvalue weighted by molar-refractivity contribution is 8.00. The minimum atomic E-state index is -1.04. The van der Waals surface area contributed by atoms with E-state index in [0.29, 0.717) is 12.8 Å². The number of rotatable bonds is 18. The van der Waals surface area contributed by atoms with Gasteiger partial charge in [0.05, 0.1) is 6.10 Å². The van der Waals surface area contributed by atoms with Gasteiger partial charge in [0.25, 0.3) is 0 Å². The number of hydrogen-bond acceptors (Lipinski definition) is 5. The molecule has 0 aromatic carbocycles. The van der Waals surface area contributed by atoms with Crippen molar-refractivity contribution in [2.45, 2.75) is 75.7 Å². The Balaban J connectivity index is 4.42. The summed E-state index contributed by atoms with van der Waals surface area (Å²) in [7, 11) is 0. The minimum Gasteiger partial charge on any atom is -0.481 e. The summed E-state index contributed by atoms with van der Waals surface area (Å²) in [5.41, 5.74) is 5.58. The molecule has 5 N–H and O–H groups in total. The van der Waals surface area contributed by atoms with Gasteiger partial charge in [-0.1, -0.05) is 74.8 Å². The van der Waals surface area contributed by atoms with Gasteiger partial charge in [-0.2, -0.15) is 0 Å². The predicted molar refractivity (Wildman–Crippen MR) is 125 cm³/mol. The van der Waals surface area contributed by atoms with Crippen molar-refractivity contribution in [2.75, 3.05) is 5.75 Å². The van der Waals surface area contributed by atoms with Gasteiger partial charge in [-0.15, -0.1) is 11.8 Å². The van der Waals surface area contributed by atoms with Crippen LogP contribution in [0.1, 0.15) is 58.3 Å². The summed E-state index contributed by atoms with van der Waals surface area (Å²) in [6.07, 6.45) is 21.1. The molecule has 0 rings (SSSR count). The first kappa shape index (κ1) is 28.2.